The molecule has 0 aliphatic heterocycles. The van der Waals surface area contributed by atoms with Crippen LogP contribution < -0.4 is 11.5 Å². The standard InChI is InChI=1S/C7H7N15/c1-2-11-3(8)21(18-2)6-14-16-7(17-15-6)22-4(9)12-5(19-22)13-20-10/h1H3,(H2,8,11,18)(H2,9,12,19). The lowest BCUT2D eigenvalue weighted by molar-refractivity contribution is 0.684. The second-order valence-electron chi connectivity index (χ2n) is 3.80. The number of nitrogens with two attached hydrogens (primary N) is 2. The van der Waals surface area contributed by atoms with Crippen molar-refractivity contribution in [2.24, 2.45) is 5.11 Å². The monoisotopic (exact) mass is 301 g/mol. The molecule has 0 amide bonds. The van der Waals surface area contributed by atoms with E-state index in [1.54, 1.807) is 6.92 Å². The highest BCUT2D eigenvalue weighted by Gasteiger charge is 2.14. The van der Waals surface area contributed by atoms with Gasteiger partial charge in [-0.3, -0.25) is 0 Å². The third-order valence-electron chi connectivity index (χ3n) is 2.33. The van der Waals surface area contributed by atoms with Gasteiger partial charge in [0.2, 0.25) is 17.8 Å². The third-order valence-corrected chi connectivity index (χ3v) is 2.33. The Labute approximate surface area is 120 Å². The molecule has 0 fully saturated rings. The summed E-state index contributed by atoms with van der Waals surface area (Å²) in [5, 5.41) is 26.2. The van der Waals surface area contributed by atoms with Crippen molar-refractivity contribution in [3.63, 3.8) is 0 Å². The lowest BCUT2D eigenvalue weighted by Crippen LogP contribution is -2.14. The molecular formula is C7H7N15. The normalized spacial score (nSPS) is 10.4. The van der Waals surface area contributed by atoms with Crippen LogP contribution >= 0.6 is 0 Å². The van der Waals surface area contributed by atoms with E-state index in [0.29, 0.717) is 5.82 Å². The van der Waals surface area contributed by atoms with E-state index in [0.717, 1.165) is 4.68 Å². The Bertz CT molecular complexity index is 864. The second-order valence-corrected chi connectivity index (χ2v) is 3.80. The molecular weight excluding hydrogens is 294 g/mol. The van der Waals surface area contributed by atoms with Gasteiger partial charge in [0.25, 0.3) is 11.9 Å². The van der Waals surface area contributed by atoms with Crippen LogP contribution in [0, 0.1) is 6.92 Å². The van der Waals surface area contributed by atoms with Crippen LogP contribution in [0.4, 0.5) is 17.8 Å². The van der Waals surface area contributed by atoms with Crippen LogP contribution in [-0.2, 0) is 0 Å². The van der Waals surface area contributed by atoms with Crippen LogP contribution in [0.3, 0.4) is 0 Å². The Kier molecular flexibility index (Phi) is 2.93. The average molecular weight is 301 g/mol. The van der Waals surface area contributed by atoms with Crippen molar-refractivity contribution in [2.45, 2.75) is 6.92 Å². The number of anilines is 2. The van der Waals surface area contributed by atoms with E-state index in [1.807, 2.05) is 0 Å². The smallest absolute Gasteiger partial charge is 0.292 e. The van der Waals surface area contributed by atoms with Gasteiger partial charge in [0, 0.05) is 4.91 Å². The number of azide groups is 1. The molecule has 3 aromatic rings. The van der Waals surface area contributed by atoms with Crippen molar-refractivity contribution in [3.05, 3.63) is 16.3 Å². The van der Waals surface area contributed by atoms with Crippen LogP contribution in [-0.4, -0.2) is 49.9 Å². The van der Waals surface area contributed by atoms with E-state index in [4.69, 9.17) is 17.0 Å². The maximum Gasteiger partial charge on any atom is 0.292 e. The van der Waals surface area contributed by atoms with Gasteiger partial charge in [0.05, 0.1) is 0 Å². The van der Waals surface area contributed by atoms with Gasteiger partial charge in [-0.1, -0.05) is 0 Å². The molecule has 0 aliphatic rings. The molecule has 0 aliphatic carbocycles. The number of hydrogen-bond donors (Lipinski definition) is 2. The predicted octanol–water partition coefficient (Wildman–Crippen LogP) is -1.16. The molecule has 3 aromatic heterocycles. The summed E-state index contributed by atoms with van der Waals surface area (Å²) in [4.78, 5) is 10.2. The zero-order valence-electron chi connectivity index (χ0n) is 11.0. The molecule has 22 heavy (non-hydrogen) atoms. The minimum Gasteiger partial charge on any atom is -0.368 e. The molecule has 0 saturated heterocycles. The SMILES string of the molecule is Cc1nc(N)n(-c2nnc(-n3nc(N=[N+]=[N-])nc3N)nn2)n1. The molecule has 15 nitrogen and oxygen atoms in total. The first-order chi connectivity index (χ1) is 10.6. The Hall–Kier alpha value is -3.87. The topological polar surface area (TPSA) is 214 Å². The summed E-state index contributed by atoms with van der Waals surface area (Å²) in [6.45, 7) is 1.66. The second kappa shape index (κ2) is 4.91. The Balaban J connectivity index is 1.98. The number of nitrogen functional groups attached to an aromatic ring is 2. The van der Waals surface area contributed by atoms with Crippen molar-refractivity contribution in [2.75, 3.05) is 11.5 Å². The molecule has 0 saturated carbocycles. The van der Waals surface area contributed by atoms with E-state index in [1.165, 1.54) is 4.68 Å². The highest BCUT2D eigenvalue weighted by molar-refractivity contribution is 5.32. The highest BCUT2D eigenvalue weighted by atomic mass is 15.5. The predicted molar refractivity (Wildman–Crippen MR) is 69.8 cm³/mol. The van der Waals surface area contributed by atoms with Gasteiger partial charge in [0.15, 0.2) is 0 Å². The minimum atomic E-state index is -0.177. The van der Waals surface area contributed by atoms with Crippen molar-refractivity contribution >= 4 is 17.8 Å². The summed E-state index contributed by atoms with van der Waals surface area (Å²) < 4.78 is 2.19. The first-order valence-corrected chi connectivity index (χ1v) is 5.63. The zero-order chi connectivity index (χ0) is 15.7. The Morgan fingerprint density at radius 1 is 0.955 bits per heavy atom. The Morgan fingerprint density at radius 2 is 1.50 bits per heavy atom. The van der Waals surface area contributed by atoms with Crippen LogP contribution in [0.25, 0.3) is 22.3 Å². The van der Waals surface area contributed by atoms with Crippen LogP contribution in [0.15, 0.2) is 5.11 Å². The van der Waals surface area contributed by atoms with E-state index in [2.05, 4.69) is 50.6 Å². The maximum absolute atomic E-state index is 8.33. The lowest BCUT2D eigenvalue weighted by Gasteiger charge is -2.00. The zero-order valence-corrected chi connectivity index (χ0v) is 11.0. The molecule has 0 unspecified atom stereocenters. The van der Waals surface area contributed by atoms with Crippen LogP contribution in [0.5, 0.6) is 0 Å². The Morgan fingerprint density at radius 3 is 2.00 bits per heavy atom. The molecule has 0 radical (unpaired) electrons. The van der Waals surface area contributed by atoms with Crippen molar-refractivity contribution in [3.8, 4) is 11.9 Å². The van der Waals surface area contributed by atoms with E-state index in [9.17, 15) is 0 Å². The van der Waals surface area contributed by atoms with Crippen LogP contribution in [0.2, 0.25) is 0 Å². The van der Waals surface area contributed by atoms with Crippen molar-refractivity contribution in [1.29, 1.82) is 0 Å². The fourth-order valence-electron chi connectivity index (χ4n) is 1.51. The molecule has 0 bridgehead atoms. The number of aromatic nitrogens is 10. The summed E-state index contributed by atoms with van der Waals surface area (Å²) in [6, 6.07) is 0. The van der Waals surface area contributed by atoms with Crippen LogP contribution in [0.1, 0.15) is 5.82 Å². The molecule has 0 atom stereocenters. The molecule has 0 spiro atoms. The fourth-order valence-corrected chi connectivity index (χ4v) is 1.51. The summed E-state index contributed by atoms with van der Waals surface area (Å²) in [5.74, 6) is 0.238. The maximum atomic E-state index is 8.33. The molecule has 3 rings (SSSR count). The summed E-state index contributed by atoms with van der Waals surface area (Å²) in [6.07, 6.45) is 0. The number of nitrogens with zero attached hydrogens (tertiary/aromatic N) is 13. The van der Waals surface area contributed by atoms with E-state index in [-0.39, 0.29) is 29.7 Å². The molecule has 0 aromatic carbocycles. The van der Waals surface area contributed by atoms with Gasteiger partial charge in [0.1, 0.15) is 5.82 Å². The van der Waals surface area contributed by atoms with Crippen molar-refractivity contribution < 1.29 is 0 Å². The van der Waals surface area contributed by atoms with Gasteiger partial charge in [-0.15, -0.1) is 30.6 Å². The summed E-state index contributed by atoms with van der Waals surface area (Å²) in [5.41, 5.74) is 19.6. The average Bonchev–Trinajstić information content (AvgIpc) is 3.02. The number of hydrogen-bond acceptors (Lipinski definition) is 11. The lowest BCUT2D eigenvalue weighted by atomic mass is 10.8. The summed E-state index contributed by atoms with van der Waals surface area (Å²) >= 11 is 0. The van der Waals surface area contributed by atoms with Gasteiger partial charge in [-0.05, 0) is 17.6 Å². The molecule has 3 heterocycles. The quantitative estimate of drug-likeness (QED) is 0.336. The van der Waals surface area contributed by atoms with Gasteiger partial charge >= 0.3 is 0 Å². The highest BCUT2D eigenvalue weighted by Crippen LogP contribution is 2.12. The molecule has 110 valence electrons. The fraction of sp³-hybridized carbons (Fsp3) is 0.143. The number of rotatable bonds is 3. The minimum absolute atomic E-state index is 0.0239. The summed E-state index contributed by atoms with van der Waals surface area (Å²) in [7, 11) is 0. The number of aryl methyl sites for hydroxylation is 1. The van der Waals surface area contributed by atoms with Crippen molar-refractivity contribution in [1.82, 2.24) is 49.9 Å². The van der Waals surface area contributed by atoms with E-state index >= 15 is 0 Å². The third kappa shape index (κ3) is 2.18. The first-order valence-electron chi connectivity index (χ1n) is 5.63. The van der Waals surface area contributed by atoms with Gasteiger partial charge < -0.3 is 11.5 Å². The molecule has 4 N–H and O–H groups in total. The van der Waals surface area contributed by atoms with Gasteiger partial charge in [-0.25, -0.2) is 0 Å². The van der Waals surface area contributed by atoms with Gasteiger partial charge in [-0.2, -0.15) is 19.3 Å². The first kappa shape index (κ1) is 13.1. The van der Waals surface area contributed by atoms with E-state index < -0.39 is 0 Å². The largest absolute Gasteiger partial charge is 0.368 e. The molecule has 15 heteroatoms.